The Kier molecular flexibility index (Phi) is 8.05. The number of hydrogen-bond acceptors (Lipinski definition) is 5. The average Bonchev–Trinajstić information content (AvgIpc) is 3.44. The zero-order chi connectivity index (χ0) is 24.7. The lowest BCUT2D eigenvalue weighted by Crippen LogP contribution is -2.32. The van der Waals surface area contributed by atoms with Crippen molar-refractivity contribution in [2.24, 2.45) is 0 Å². The molecule has 1 amide bonds. The Hall–Kier alpha value is -3.67. The summed E-state index contributed by atoms with van der Waals surface area (Å²) in [6, 6.07) is 14.1. The SMILES string of the molecule is CN1CCC(n2nccc2NC(=O)Cn2ccc(-c3ccccc3)n2)CC1.O=C(O)C(F)(F)F. The van der Waals surface area contributed by atoms with E-state index >= 15 is 0 Å². The first-order valence-electron chi connectivity index (χ1n) is 10.5. The van der Waals surface area contributed by atoms with Gasteiger partial charge in [0.15, 0.2) is 0 Å². The summed E-state index contributed by atoms with van der Waals surface area (Å²) in [5.74, 6) is -2.11. The van der Waals surface area contributed by atoms with Crippen molar-refractivity contribution < 1.29 is 27.9 Å². The highest BCUT2D eigenvalue weighted by Crippen LogP contribution is 2.24. The van der Waals surface area contributed by atoms with Crippen LogP contribution in [-0.2, 0) is 16.1 Å². The number of halogens is 3. The number of likely N-dealkylation sites (tertiary alicyclic amines) is 1. The van der Waals surface area contributed by atoms with Gasteiger partial charge in [-0.05, 0) is 39.0 Å². The molecule has 1 aliphatic heterocycles. The number of anilines is 1. The molecule has 0 unspecified atom stereocenters. The topological polar surface area (TPSA) is 105 Å². The zero-order valence-electron chi connectivity index (χ0n) is 18.4. The molecule has 3 heterocycles. The van der Waals surface area contributed by atoms with Crippen LogP contribution in [-0.4, -0.2) is 67.8 Å². The molecule has 1 aliphatic rings. The van der Waals surface area contributed by atoms with Crippen LogP contribution >= 0.6 is 0 Å². The predicted molar refractivity (Wildman–Crippen MR) is 118 cm³/mol. The smallest absolute Gasteiger partial charge is 0.475 e. The number of nitrogens with zero attached hydrogens (tertiary/aromatic N) is 5. The van der Waals surface area contributed by atoms with Gasteiger partial charge in [0, 0.05) is 17.8 Å². The third kappa shape index (κ3) is 6.91. The molecular weight excluding hydrogens is 453 g/mol. The molecule has 12 heteroatoms. The fourth-order valence-corrected chi connectivity index (χ4v) is 3.49. The molecule has 1 saturated heterocycles. The van der Waals surface area contributed by atoms with E-state index in [1.54, 1.807) is 10.9 Å². The first-order chi connectivity index (χ1) is 16.1. The van der Waals surface area contributed by atoms with E-state index in [-0.39, 0.29) is 12.5 Å². The molecule has 0 bridgehead atoms. The molecule has 34 heavy (non-hydrogen) atoms. The molecule has 182 valence electrons. The van der Waals surface area contributed by atoms with Gasteiger partial charge in [-0.25, -0.2) is 9.48 Å². The van der Waals surface area contributed by atoms with E-state index in [2.05, 4.69) is 27.5 Å². The first-order valence-corrected chi connectivity index (χ1v) is 10.5. The molecule has 0 spiro atoms. The van der Waals surface area contributed by atoms with Gasteiger partial charge in [0.05, 0.1) is 17.9 Å². The van der Waals surface area contributed by atoms with Crippen molar-refractivity contribution >= 4 is 17.7 Å². The summed E-state index contributed by atoms with van der Waals surface area (Å²) in [6.07, 6.45) is 0.576. The number of aliphatic carboxylic acids is 1. The maximum Gasteiger partial charge on any atom is 0.490 e. The van der Waals surface area contributed by atoms with Gasteiger partial charge in [0.1, 0.15) is 12.4 Å². The standard InChI is InChI=1S/C20H24N6O.C2HF3O2/c1-24-12-8-17(9-13-24)26-19(7-11-21-26)22-20(27)15-25-14-10-18(23-25)16-5-3-2-4-6-16;3-2(4,5)1(6)7/h2-7,10-11,14,17H,8-9,12-13,15H2,1H3,(H,22,27);(H,6,7). The molecule has 3 aromatic rings. The maximum atomic E-state index is 12.5. The number of carbonyl (C=O) groups is 2. The van der Waals surface area contributed by atoms with Crippen LogP contribution in [0.4, 0.5) is 19.0 Å². The highest BCUT2D eigenvalue weighted by molar-refractivity contribution is 5.89. The van der Waals surface area contributed by atoms with E-state index in [0.717, 1.165) is 43.0 Å². The third-order valence-corrected chi connectivity index (χ3v) is 5.23. The second kappa shape index (κ2) is 11.0. The van der Waals surface area contributed by atoms with Crippen LogP contribution in [0.15, 0.2) is 54.9 Å². The predicted octanol–water partition coefficient (Wildman–Crippen LogP) is 3.29. The lowest BCUT2D eigenvalue weighted by molar-refractivity contribution is -0.192. The van der Waals surface area contributed by atoms with Crippen molar-refractivity contribution in [2.75, 3.05) is 25.5 Å². The second-order valence-electron chi connectivity index (χ2n) is 7.81. The van der Waals surface area contributed by atoms with Crippen LogP contribution in [0.2, 0.25) is 0 Å². The van der Waals surface area contributed by atoms with E-state index in [1.807, 2.05) is 53.3 Å². The molecule has 0 radical (unpaired) electrons. The Bertz CT molecular complexity index is 1090. The van der Waals surface area contributed by atoms with Gasteiger partial charge in [0.25, 0.3) is 0 Å². The highest BCUT2D eigenvalue weighted by atomic mass is 19.4. The van der Waals surface area contributed by atoms with Crippen LogP contribution < -0.4 is 5.32 Å². The summed E-state index contributed by atoms with van der Waals surface area (Å²) < 4.78 is 35.3. The quantitative estimate of drug-likeness (QED) is 0.583. The summed E-state index contributed by atoms with van der Waals surface area (Å²) in [6.45, 7) is 2.27. The molecule has 2 aromatic heterocycles. The highest BCUT2D eigenvalue weighted by Gasteiger charge is 2.38. The number of carboxylic acids is 1. The van der Waals surface area contributed by atoms with E-state index < -0.39 is 12.1 Å². The van der Waals surface area contributed by atoms with Crippen LogP contribution in [0.5, 0.6) is 0 Å². The summed E-state index contributed by atoms with van der Waals surface area (Å²) in [5, 5.41) is 19.0. The number of carboxylic acid groups (broad SMARTS) is 1. The van der Waals surface area contributed by atoms with Gasteiger partial charge in [-0.1, -0.05) is 30.3 Å². The molecule has 0 atom stereocenters. The number of nitrogens with one attached hydrogen (secondary N) is 1. The fraction of sp³-hybridized carbons (Fsp3) is 0.364. The normalized spacial score (nSPS) is 14.8. The van der Waals surface area contributed by atoms with Crippen molar-refractivity contribution in [3.63, 3.8) is 0 Å². The van der Waals surface area contributed by atoms with Gasteiger partial charge in [0.2, 0.25) is 5.91 Å². The minimum atomic E-state index is -5.08. The molecule has 9 nitrogen and oxygen atoms in total. The molecule has 0 aliphatic carbocycles. The second-order valence-corrected chi connectivity index (χ2v) is 7.81. The van der Waals surface area contributed by atoms with E-state index in [1.165, 1.54) is 0 Å². The van der Waals surface area contributed by atoms with Gasteiger partial charge in [-0.3, -0.25) is 9.48 Å². The lowest BCUT2D eigenvalue weighted by atomic mass is 10.1. The van der Waals surface area contributed by atoms with Crippen molar-refractivity contribution in [1.82, 2.24) is 24.5 Å². The Morgan fingerprint density at radius 2 is 1.76 bits per heavy atom. The number of hydrogen-bond donors (Lipinski definition) is 2. The molecular formula is C22H25F3N6O3. The van der Waals surface area contributed by atoms with Crippen molar-refractivity contribution in [3.05, 3.63) is 54.9 Å². The summed E-state index contributed by atoms with van der Waals surface area (Å²) in [7, 11) is 2.13. The molecule has 1 fully saturated rings. The van der Waals surface area contributed by atoms with Crippen LogP contribution in [0, 0.1) is 0 Å². The average molecular weight is 478 g/mol. The fourth-order valence-electron chi connectivity index (χ4n) is 3.49. The molecule has 4 rings (SSSR count). The molecule has 0 saturated carbocycles. The number of rotatable bonds is 5. The summed E-state index contributed by atoms with van der Waals surface area (Å²) >= 11 is 0. The minimum absolute atomic E-state index is 0.104. The van der Waals surface area contributed by atoms with Gasteiger partial charge in [-0.15, -0.1) is 0 Å². The number of aromatic nitrogens is 4. The van der Waals surface area contributed by atoms with Gasteiger partial charge < -0.3 is 15.3 Å². The first kappa shape index (κ1) is 25.0. The Morgan fingerprint density at radius 3 is 2.38 bits per heavy atom. The van der Waals surface area contributed by atoms with Gasteiger partial charge >= 0.3 is 12.1 Å². The van der Waals surface area contributed by atoms with Crippen molar-refractivity contribution in [3.8, 4) is 11.3 Å². The van der Waals surface area contributed by atoms with Crippen LogP contribution in [0.25, 0.3) is 11.3 Å². The maximum absolute atomic E-state index is 12.5. The van der Waals surface area contributed by atoms with Gasteiger partial charge in [-0.2, -0.15) is 23.4 Å². The summed E-state index contributed by atoms with van der Waals surface area (Å²) in [5.41, 5.74) is 1.90. The number of carbonyl (C=O) groups excluding carboxylic acids is 1. The van der Waals surface area contributed by atoms with Crippen LogP contribution in [0.1, 0.15) is 18.9 Å². The number of piperidine rings is 1. The number of alkyl halides is 3. The Morgan fingerprint density at radius 1 is 1.12 bits per heavy atom. The largest absolute Gasteiger partial charge is 0.490 e. The monoisotopic (exact) mass is 478 g/mol. The zero-order valence-corrected chi connectivity index (χ0v) is 18.4. The minimum Gasteiger partial charge on any atom is -0.475 e. The molecule has 2 N–H and O–H groups in total. The number of benzene rings is 1. The van der Waals surface area contributed by atoms with E-state index in [0.29, 0.717) is 6.04 Å². The lowest BCUT2D eigenvalue weighted by Gasteiger charge is -2.30. The van der Waals surface area contributed by atoms with Crippen molar-refractivity contribution in [1.29, 1.82) is 0 Å². The van der Waals surface area contributed by atoms with Crippen LogP contribution in [0.3, 0.4) is 0 Å². The van der Waals surface area contributed by atoms with Crippen molar-refractivity contribution in [2.45, 2.75) is 31.6 Å². The number of amides is 1. The third-order valence-electron chi connectivity index (χ3n) is 5.23. The van der Waals surface area contributed by atoms with E-state index in [4.69, 9.17) is 9.90 Å². The Labute approximate surface area is 193 Å². The molecule has 1 aromatic carbocycles. The summed E-state index contributed by atoms with van der Waals surface area (Å²) in [4.78, 5) is 23.7. The Balaban J connectivity index is 0.000000406. The van der Waals surface area contributed by atoms with E-state index in [9.17, 15) is 18.0 Å².